The highest BCUT2D eigenvalue weighted by molar-refractivity contribution is 6.22. The lowest BCUT2D eigenvalue weighted by molar-refractivity contribution is 0.660. The lowest BCUT2D eigenvalue weighted by atomic mass is 9.82. The topological polar surface area (TPSA) is 21.1 Å². The summed E-state index contributed by atoms with van der Waals surface area (Å²) in [5.41, 5.74) is 16.8. The third-order valence-corrected chi connectivity index (χ3v) is 13.0. The smallest absolute Gasteiger partial charge is 0.0645 e. The predicted molar refractivity (Wildman–Crippen MR) is 257 cm³/mol. The third kappa shape index (κ3) is 5.62. The van der Waals surface area contributed by atoms with Crippen LogP contribution in [0.2, 0.25) is 0 Å². The van der Waals surface area contributed by atoms with Gasteiger partial charge in [0.2, 0.25) is 0 Å². The summed E-state index contributed by atoms with van der Waals surface area (Å²) < 4.78 is 2.34. The van der Waals surface area contributed by atoms with Crippen molar-refractivity contribution in [2.75, 3.05) is 4.90 Å². The van der Waals surface area contributed by atoms with Crippen molar-refractivity contribution in [2.24, 2.45) is 0 Å². The minimum atomic E-state index is -0.0966. The van der Waals surface area contributed by atoms with Crippen molar-refractivity contribution in [3.63, 3.8) is 0 Å². The van der Waals surface area contributed by atoms with E-state index in [1.807, 2.05) is 18.5 Å². The second-order valence-electron chi connectivity index (χ2n) is 16.9. The van der Waals surface area contributed by atoms with Crippen molar-refractivity contribution in [3.05, 3.63) is 224 Å². The summed E-state index contributed by atoms with van der Waals surface area (Å²) in [6.45, 7) is 4.71. The number of rotatable bonds is 6. The molecule has 0 saturated heterocycles. The van der Waals surface area contributed by atoms with E-state index in [4.69, 9.17) is 0 Å². The second kappa shape index (κ2) is 13.7. The molecule has 1 aliphatic rings. The highest BCUT2D eigenvalue weighted by atomic mass is 15.1. The van der Waals surface area contributed by atoms with Gasteiger partial charge in [0, 0.05) is 39.4 Å². The van der Waals surface area contributed by atoms with Gasteiger partial charge < -0.3 is 9.47 Å². The molecule has 2 heterocycles. The molecule has 0 fully saturated rings. The minimum absolute atomic E-state index is 0.0966. The van der Waals surface area contributed by atoms with Crippen LogP contribution in [0.5, 0.6) is 0 Å². The van der Waals surface area contributed by atoms with Gasteiger partial charge in [-0.1, -0.05) is 141 Å². The van der Waals surface area contributed by atoms with Crippen LogP contribution in [0.4, 0.5) is 17.1 Å². The summed E-state index contributed by atoms with van der Waals surface area (Å²) in [4.78, 5) is 6.89. The van der Waals surface area contributed by atoms with E-state index >= 15 is 0 Å². The van der Waals surface area contributed by atoms with Crippen molar-refractivity contribution < 1.29 is 0 Å². The number of anilines is 3. The van der Waals surface area contributed by atoms with Gasteiger partial charge in [-0.3, -0.25) is 4.98 Å². The highest BCUT2D eigenvalue weighted by Crippen LogP contribution is 2.51. The molecule has 288 valence electrons. The summed E-state index contributed by atoms with van der Waals surface area (Å²) in [6, 6.07) is 73.6. The van der Waals surface area contributed by atoms with Crippen molar-refractivity contribution in [2.45, 2.75) is 19.3 Å². The molecule has 0 spiro atoms. The average Bonchev–Trinajstić information content (AvgIpc) is 3.77. The molecule has 9 aromatic carbocycles. The molecule has 12 rings (SSSR count). The molecule has 0 aliphatic heterocycles. The first-order valence-electron chi connectivity index (χ1n) is 21.1. The van der Waals surface area contributed by atoms with E-state index in [2.05, 4.69) is 222 Å². The molecule has 0 bridgehead atoms. The van der Waals surface area contributed by atoms with Crippen molar-refractivity contribution >= 4 is 60.4 Å². The van der Waals surface area contributed by atoms with Crippen molar-refractivity contribution in [3.8, 4) is 39.1 Å². The van der Waals surface area contributed by atoms with E-state index in [1.165, 1.54) is 87.9 Å². The van der Waals surface area contributed by atoms with E-state index in [0.29, 0.717) is 0 Å². The van der Waals surface area contributed by atoms with Crippen LogP contribution < -0.4 is 4.90 Å². The predicted octanol–water partition coefficient (Wildman–Crippen LogP) is 15.6. The Bertz CT molecular complexity index is 3500. The van der Waals surface area contributed by atoms with E-state index in [9.17, 15) is 0 Å². The quantitative estimate of drug-likeness (QED) is 0.168. The van der Waals surface area contributed by atoms with Gasteiger partial charge in [-0.2, -0.15) is 0 Å². The standard InChI is InChI=1S/C58H41N3/c1-58(2)53-19-8-7-18-50(53)51-29-28-47(36-54(51)58)60(46-27-22-38-11-3-4-13-43(38)34-46)45-25-20-39(21-26-45)41-14-9-15-42(33-41)44-24-30-55-52(35-44)57-49-17-6-5-12-40(49)23-31-56(57)61(55)48-16-10-32-59-37-48/h3-37H,1-2H3. The monoisotopic (exact) mass is 779 g/mol. The number of pyridine rings is 1. The van der Waals surface area contributed by atoms with Gasteiger partial charge in [-0.05, 0) is 139 Å². The molecule has 3 nitrogen and oxygen atoms in total. The first-order valence-corrected chi connectivity index (χ1v) is 21.1. The summed E-state index contributed by atoms with van der Waals surface area (Å²) in [7, 11) is 0. The molecule has 0 atom stereocenters. The Labute approximate surface area is 355 Å². The maximum atomic E-state index is 4.48. The summed E-state index contributed by atoms with van der Waals surface area (Å²) in [5, 5.41) is 7.44. The fraction of sp³-hybridized carbons (Fsp3) is 0.0517. The Morgan fingerprint density at radius 3 is 1.93 bits per heavy atom. The number of hydrogen-bond acceptors (Lipinski definition) is 2. The van der Waals surface area contributed by atoms with Crippen LogP contribution in [0.1, 0.15) is 25.0 Å². The molecule has 1 aliphatic carbocycles. The van der Waals surface area contributed by atoms with Gasteiger partial charge in [-0.25, -0.2) is 0 Å². The maximum absolute atomic E-state index is 4.48. The van der Waals surface area contributed by atoms with Crippen LogP contribution in [-0.4, -0.2) is 9.55 Å². The first-order chi connectivity index (χ1) is 30.0. The van der Waals surface area contributed by atoms with Gasteiger partial charge in [0.1, 0.15) is 0 Å². The number of fused-ring (bicyclic) bond motifs is 9. The molecular formula is C58H41N3. The van der Waals surface area contributed by atoms with Crippen LogP contribution in [0.25, 0.3) is 82.4 Å². The molecular weight excluding hydrogens is 739 g/mol. The first kappa shape index (κ1) is 35.2. The fourth-order valence-electron chi connectivity index (χ4n) is 10.0. The molecule has 0 amide bonds. The molecule has 0 N–H and O–H groups in total. The van der Waals surface area contributed by atoms with Gasteiger partial charge in [0.05, 0.1) is 22.9 Å². The number of nitrogens with zero attached hydrogens (tertiary/aromatic N) is 3. The third-order valence-electron chi connectivity index (χ3n) is 13.0. The Morgan fingerprint density at radius 2 is 1.08 bits per heavy atom. The van der Waals surface area contributed by atoms with Crippen LogP contribution >= 0.6 is 0 Å². The zero-order chi connectivity index (χ0) is 40.7. The Hall–Kier alpha value is -7.75. The number of aromatic nitrogens is 2. The molecule has 3 heteroatoms. The Balaban J connectivity index is 0.946. The molecule has 0 unspecified atom stereocenters. The van der Waals surface area contributed by atoms with Crippen molar-refractivity contribution in [1.82, 2.24) is 9.55 Å². The summed E-state index contributed by atoms with van der Waals surface area (Å²) >= 11 is 0. The molecule has 0 radical (unpaired) electrons. The minimum Gasteiger partial charge on any atom is -0.310 e. The normalized spacial score (nSPS) is 12.9. The van der Waals surface area contributed by atoms with Crippen LogP contribution in [0.15, 0.2) is 213 Å². The number of hydrogen-bond donors (Lipinski definition) is 0. The van der Waals surface area contributed by atoms with Gasteiger partial charge in [-0.15, -0.1) is 0 Å². The van der Waals surface area contributed by atoms with Gasteiger partial charge >= 0.3 is 0 Å². The number of benzene rings is 9. The van der Waals surface area contributed by atoms with E-state index in [1.54, 1.807) is 0 Å². The molecule has 0 saturated carbocycles. The average molecular weight is 780 g/mol. The summed E-state index contributed by atoms with van der Waals surface area (Å²) in [6.07, 6.45) is 3.78. The van der Waals surface area contributed by atoms with E-state index < -0.39 is 0 Å². The molecule has 11 aromatic rings. The van der Waals surface area contributed by atoms with E-state index in [0.717, 1.165) is 22.7 Å². The van der Waals surface area contributed by atoms with Gasteiger partial charge in [0.25, 0.3) is 0 Å². The Morgan fingerprint density at radius 1 is 0.426 bits per heavy atom. The van der Waals surface area contributed by atoms with Crippen LogP contribution in [0, 0.1) is 0 Å². The van der Waals surface area contributed by atoms with Crippen LogP contribution in [0.3, 0.4) is 0 Å². The zero-order valence-corrected chi connectivity index (χ0v) is 34.0. The van der Waals surface area contributed by atoms with Gasteiger partial charge in [0.15, 0.2) is 0 Å². The second-order valence-corrected chi connectivity index (χ2v) is 16.9. The lowest BCUT2D eigenvalue weighted by Gasteiger charge is -2.28. The SMILES string of the molecule is CC1(C)c2ccccc2-c2ccc(N(c3ccc(-c4cccc(-c5ccc6c(c5)c5c7ccccc7ccc5n6-c5cccnc5)c4)cc3)c3ccc4ccccc4c3)cc21. The largest absolute Gasteiger partial charge is 0.310 e. The molecule has 2 aromatic heterocycles. The Kier molecular flexibility index (Phi) is 7.88. The fourth-order valence-corrected chi connectivity index (χ4v) is 10.0. The maximum Gasteiger partial charge on any atom is 0.0645 e. The lowest BCUT2D eigenvalue weighted by Crippen LogP contribution is -2.16. The van der Waals surface area contributed by atoms with E-state index in [-0.39, 0.29) is 5.41 Å². The van der Waals surface area contributed by atoms with Crippen LogP contribution in [-0.2, 0) is 5.41 Å². The van der Waals surface area contributed by atoms with Crippen molar-refractivity contribution in [1.29, 1.82) is 0 Å². The highest BCUT2D eigenvalue weighted by Gasteiger charge is 2.35. The molecule has 61 heavy (non-hydrogen) atoms. The zero-order valence-electron chi connectivity index (χ0n) is 34.0. The summed E-state index contributed by atoms with van der Waals surface area (Å²) in [5.74, 6) is 0.